The molecule has 0 bridgehead atoms. The van der Waals surface area contributed by atoms with Gasteiger partial charge in [0.1, 0.15) is 6.73 Å². The average Bonchev–Trinajstić information content (AvgIpc) is 2.68. The van der Waals surface area contributed by atoms with Crippen molar-refractivity contribution in [3.63, 3.8) is 0 Å². The highest BCUT2D eigenvalue weighted by atomic mass is 16.5. The van der Waals surface area contributed by atoms with E-state index in [4.69, 9.17) is 10.5 Å². The van der Waals surface area contributed by atoms with Crippen molar-refractivity contribution < 1.29 is 4.74 Å². The molecule has 0 atom stereocenters. The van der Waals surface area contributed by atoms with Crippen LogP contribution in [0.25, 0.3) is 11.2 Å². The van der Waals surface area contributed by atoms with Crippen LogP contribution < -0.4 is 11.3 Å². The Morgan fingerprint density at radius 2 is 2.41 bits per heavy atom. The Hall–Kier alpha value is -1.89. The number of aromatic nitrogens is 4. The van der Waals surface area contributed by atoms with Crippen molar-refractivity contribution in [2.24, 2.45) is 0 Å². The first kappa shape index (κ1) is 11.6. The lowest BCUT2D eigenvalue weighted by Crippen LogP contribution is -2.12. The van der Waals surface area contributed by atoms with Gasteiger partial charge in [-0.15, -0.1) is 0 Å². The van der Waals surface area contributed by atoms with Gasteiger partial charge in [0.05, 0.1) is 6.33 Å². The highest BCUT2D eigenvalue weighted by Crippen LogP contribution is 2.06. The molecule has 7 heteroatoms. The number of nitrogens with one attached hydrogen (secondary N) is 1. The van der Waals surface area contributed by atoms with Gasteiger partial charge >= 0.3 is 0 Å². The van der Waals surface area contributed by atoms with Gasteiger partial charge in [0.25, 0.3) is 5.56 Å². The van der Waals surface area contributed by atoms with Gasteiger partial charge in [-0.2, -0.15) is 4.98 Å². The molecular weight excluding hydrogens is 222 g/mol. The van der Waals surface area contributed by atoms with Crippen molar-refractivity contribution in [3.05, 3.63) is 16.7 Å². The molecule has 17 heavy (non-hydrogen) atoms. The van der Waals surface area contributed by atoms with E-state index in [-0.39, 0.29) is 17.0 Å². The summed E-state index contributed by atoms with van der Waals surface area (Å²) in [5, 5.41) is 0. The van der Waals surface area contributed by atoms with E-state index < -0.39 is 0 Å². The first-order valence-electron chi connectivity index (χ1n) is 5.50. The van der Waals surface area contributed by atoms with Gasteiger partial charge in [-0.25, -0.2) is 4.98 Å². The lowest BCUT2D eigenvalue weighted by Gasteiger charge is -2.04. The highest BCUT2D eigenvalue weighted by molar-refractivity contribution is 5.70. The van der Waals surface area contributed by atoms with E-state index in [2.05, 4.69) is 21.9 Å². The topological polar surface area (TPSA) is 98.8 Å². The summed E-state index contributed by atoms with van der Waals surface area (Å²) in [6, 6.07) is 0. The molecule has 0 aliphatic rings. The minimum Gasteiger partial charge on any atom is -0.369 e. The molecule has 2 aromatic rings. The van der Waals surface area contributed by atoms with E-state index in [1.165, 1.54) is 6.33 Å². The second-order valence-corrected chi connectivity index (χ2v) is 3.73. The number of ether oxygens (including phenoxy) is 1. The number of aromatic amines is 1. The van der Waals surface area contributed by atoms with Crippen LogP contribution in [0.2, 0.25) is 0 Å². The van der Waals surface area contributed by atoms with Gasteiger partial charge in [0.2, 0.25) is 5.95 Å². The molecule has 0 aliphatic heterocycles. The molecule has 0 spiro atoms. The molecule has 7 nitrogen and oxygen atoms in total. The van der Waals surface area contributed by atoms with E-state index >= 15 is 0 Å². The number of nitrogen functional groups attached to an aromatic ring is 1. The molecule has 0 unspecified atom stereocenters. The molecule has 92 valence electrons. The molecular formula is C10H15N5O2. The molecule has 0 aromatic carbocycles. The summed E-state index contributed by atoms with van der Waals surface area (Å²) < 4.78 is 7.10. The fraction of sp³-hybridized carbons (Fsp3) is 0.500. The number of nitrogens with zero attached hydrogens (tertiary/aromatic N) is 3. The van der Waals surface area contributed by atoms with Crippen molar-refractivity contribution in [1.82, 2.24) is 19.5 Å². The zero-order valence-electron chi connectivity index (χ0n) is 9.64. The lowest BCUT2D eigenvalue weighted by molar-refractivity contribution is 0.0770. The van der Waals surface area contributed by atoms with Crippen molar-refractivity contribution >= 4 is 17.1 Å². The van der Waals surface area contributed by atoms with Crippen LogP contribution in [0, 0.1) is 0 Å². The molecule has 2 rings (SSSR count). The Balaban J connectivity index is 2.21. The summed E-state index contributed by atoms with van der Waals surface area (Å²) in [6.45, 7) is 3.10. The fourth-order valence-corrected chi connectivity index (χ4v) is 1.47. The van der Waals surface area contributed by atoms with Crippen molar-refractivity contribution in [2.45, 2.75) is 26.5 Å². The van der Waals surface area contributed by atoms with E-state index in [1.807, 2.05) is 0 Å². The number of nitrogens with two attached hydrogens (primary N) is 1. The molecule has 0 saturated heterocycles. The Bertz CT molecular complexity index is 559. The van der Waals surface area contributed by atoms with Crippen LogP contribution in [0.4, 0.5) is 5.95 Å². The fourth-order valence-electron chi connectivity index (χ4n) is 1.47. The van der Waals surface area contributed by atoms with Crippen molar-refractivity contribution in [3.8, 4) is 0 Å². The predicted molar refractivity (Wildman–Crippen MR) is 63.4 cm³/mol. The summed E-state index contributed by atoms with van der Waals surface area (Å²) >= 11 is 0. The van der Waals surface area contributed by atoms with Gasteiger partial charge in [0, 0.05) is 6.61 Å². The minimum absolute atomic E-state index is 0.0813. The lowest BCUT2D eigenvalue weighted by atomic mass is 10.4. The van der Waals surface area contributed by atoms with Gasteiger partial charge in [-0.3, -0.25) is 14.3 Å². The Morgan fingerprint density at radius 1 is 1.59 bits per heavy atom. The molecule has 0 saturated carbocycles. The number of imidazole rings is 1. The Morgan fingerprint density at radius 3 is 3.18 bits per heavy atom. The monoisotopic (exact) mass is 237 g/mol. The number of fused-ring (bicyclic) bond motifs is 1. The Kier molecular flexibility index (Phi) is 3.38. The molecule has 2 aromatic heterocycles. The molecule has 3 N–H and O–H groups in total. The molecule has 0 amide bonds. The first-order chi connectivity index (χ1) is 8.22. The zero-order valence-corrected chi connectivity index (χ0v) is 9.64. The molecule has 2 heterocycles. The maximum absolute atomic E-state index is 11.5. The number of hydrogen-bond acceptors (Lipinski definition) is 5. The normalized spacial score (nSPS) is 11.1. The van der Waals surface area contributed by atoms with E-state index in [0.29, 0.717) is 19.0 Å². The number of H-pyrrole nitrogens is 1. The summed E-state index contributed by atoms with van der Waals surface area (Å²) in [4.78, 5) is 21.9. The third kappa shape index (κ3) is 2.44. The standard InChI is InChI=1S/C10H15N5O2/c1-2-3-4-17-6-15-5-12-7-8(15)13-10(11)14-9(7)16/h5H,2-4,6H2,1H3,(H3,11,13,14,16). The third-order valence-electron chi connectivity index (χ3n) is 2.37. The second-order valence-electron chi connectivity index (χ2n) is 3.73. The quantitative estimate of drug-likeness (QED) is 0.737. The van der Waals surface area contributed by atoms with Gasteiger partial charge in [-0.05, 0) is 6.42 Å². The van der Waals surface area contributed by atoms with E-state index in [9.17, 15) is 4.79 Å². The van der Waals surface area contributed by atoms with E-state index in [0.717, 1.165) is 12.8 Å². The maximum Gasteiger partial charge on any atom is 0.280 e. The van der Waals surface area contributed by atoms with Crippen LogP contribution in [-0.2, 0) is 11.5 Å². The van der Waals surface area contributed by atoms with Crippen molar-refractivity contribution in [1.29, 1.82) is 0 Å². The van der Waals surface area contributed by atoms with Crippen LogP contribution in [0.3, 0.4) is 0 Å². The number of anilines is 1. The summed E-state index contributed by atoms with van der Waals surface area (Å²) in [5.74, 6) is 0.0813. The van der Waals surface area contributed by atoms with Crippen LogP contribution in [0.1, 0.15) is 19.8 Å². The van der Waals surface area contributed by atoms with Gasteiger partial charge in [-0.1, -0.05) is 13.3 Å². The van der Waals surface area contributed by atoms with E-state index in [1.54, 1.807) is 4.57 Å². The molecule has 0 aliphatic carbocycles. The zero-order chi connectivity index (χ0) is 12.3. The maximum atomic E-state index is 11.5. The minimum atomic E-state index is -0.334. The molecule has 0 fully saturated rings. The summed E-state index contributed by atoms with van der Waals surface area (Å²) in [5.41, 5.74) is 5.87. The van der Waals surface area contributed by atoms with Gasteiger partial charge in [0.15, 0.2) is 11.2 Å². The van der Waals surface area contributed by atoms with Crippen LogP contribution >= 0.6 is 0 Å². The predicted octanol–water partition coefficient (Wildman–Crippen LogP) is 0.476. The Labute approximate surface area is 97.6 Å². The summed E-state index contributed by atoms with van der Waals surface area (Å²) in [6.07, 6.45) is 3.61. The highest BCUT2D eigenvalue weighted by Gasteiger charge is 2.08. The molecule has 0 radical (unpaired) electrons. The van der Waals surface area contributed by atoms with Crippen molar-refractivity contribution in [2.75, 3.05) is 12.3 Å². The largest absolute Gasteiger partial charge is 0.369 e. The van der Waals surface area contributed by atoms with Crippen LogP contribution in [-0.4, -0.2) is 26.1 Å². The van der Waals surface area contributed by atoms with Crippen LogP contribution in [0.5, 0.6) is 0 Å². The van der Waals surface area contributed by atoms with Gasteiger partial charge < -0.3 is 10.5 Å². The number of hydrogen-bond donors (Lipinski definition) is 2. The number of unbranched alkanes of at least 4 members (excludes halogenated alkanes) is 1. The third-order valence-corrected chi connectivity index (χ3v) is 2.37. The average molecular weight is 237 g/mol. The first-order valence-corrected chi connectivity index (χ1v) is 5.50. The second kappa shape index (κ2) is 4.96. The smallest absolute Gasteiger partial charge is 0.280 e. The number of rotatable bonds is 5. The van der Waals surface area contributed by atoms with Crippen LogP contribution in [0.15, 0.2) is 11.1 Å². The SMILES string of the molecule is CCCCOCn1cnc2c(=O)[nH]c(N)nc21. The summed E-state index contributed by atoms with van der Waals surface area (Å²) in [7, 11) is 0.